The predicted molar refractivity (Wildman–Crippen MR) is 59.2 cm³/mol. The van der Waals surface area contributed by atoms with Gasteiger partial charge in [-0.25, -0.2) is 0 Å². The van der Waals surface area contributed by atoms with E-state index in [2.05, 4.69) is 18.2 Å². The van der Waals surface area contributed by atoms with Crippen molar-refractivity contribution < 1.29 is 9.47 Å². The lowest BCUT2D eigenvalue weighted by Gasteiger charge is -2.07. The number of hydrogen-bond donors (Lipinski definition) is 0. The molecule has 15 heavy (non-hydrogen) atoms. The van der Waals surface area contributed by atoms with Gasteiger partial charge in [0.2, 0.25) is 0 Å². The Hall–Kier alpha value is -1.54. The van der Waals surface area contributed by atoms with Crippen molar-refractivity contribution in [1.82, 2.24) is 0 Å². The second-order valence-corrected chi connectivity index (χ2v) is 3.74. The number of hydrogen-bond acceptors (Lipinski definition) is 2. The van der Waals surface area contributed by atoms with Gasteiger partial charge in [-0.05, 0) is 11.5 Å². The van der Waals surface area contributed by atoms with Crippen LogP contribution in [0, 0.1) is 0 Å². The summed E-state index contributed by atoms with van der Waals surface area (Å²) in [5.41, 5.74) is 0. The third-order valence-electron chi connectivity index (χ3n) is 2.58. The second-order valence-electron chi connectivity index (χ2n) is 3.74. The van der Waals surface area contributed by atoms with Crippen LogP contribution in [-0.4, -0.2) is 19.3 Å². The molecular weight excluding hydrogens is 188 g/mol. The molecule has 1 aliphatic heterocycles. The second kappa shape index (κ2) is 3.55. The summed E-state index contributed by atoms with van der Waals surface area (Å²) in [6.07, 6.45) is 0.309. The maximum Gasteiger partial charge on any atom is 0.127 e. The summed E-state index contributed by atoms with van der Waals surface area (Å²) in [6, 6.07) is 14.4. The lowest BCUT2D eigenvalue weighted by molar-refractivity contribution is 0.265. The van der Waals surface area contributed by atoms with Gasteiger partial charge in [-0.15, -0.1) is 0 Å². The quantitative estimate of drug-likeness (QED) is 0.710. The van der Waals surface area contributed by atoms with Gasteiger partial charge in [0, 0.05) is 5.39 Å². The fourth-order valence-electron chi connectivity index (χ4n) is 1.67. The molecule has 3 rings (SSSR count). The topological polar surface area (TPSA) is 21.8 Å². The highest BCUT2D eigenvalue weighted by Crippen LogP contribution is 2.25. The number of ether oxygens (including phenoxy) is 2. The molecule has 2 aromatic carbocycles. The Bertz CT molecular complexity index is 469. The number of fused-ring (bicyclic) bond motifs is 1. The van der Waals surface area contributed by atoms with Crippen LogP contribution in [0.25, 0.3) is 10.8 Å². The van der Waals surface area contributed by atoms with E-state index in [1.54, 1.807) is 0 Å². The van der Waals surface area contributed by atoms with Crippen LogP contribution in [-0.2, 0) is 4.74 Å². The van der Waals surface area contributed by atoms with Gasteiger partial charge < -0.3 is 9.47 Å². The van der Waals surface area contributed by atoms with E-state index in [1.807, 2.05) is 24.3 Å². The van der Waals surface area contributed by atoms with E-state index in [1.165, 1.54) is 10.8 Å². The van der Waals surface area contributed by atoms with Gasteiger partial charge in [-0.3, -0.25) is 0 Å². The van der Waals surface area contributed by atoms with Crippen molar-refractivity contribution in [3.63, 3.8) is 0 Å². The first-order valence-corrected chi connectivity index (χ1v) is 5.16. The summed E-state index contributed by atoms with van der Waals surface area (Å²) in [6.45, 7) is 1.50. The Kier molecular flexibility index (Phi) is 2.07. The van der Waals surface area contributed by atoms with E-state index >= 15 is 0 Å². The maximum atomic E-state index is 5.72. The fourth-order valence-corrected chi connectivity index (χ4v) is 1.67. The van der Waals surface area contributed by atoms with E-state index in [9.17, 15) is 0 Å². The van der Waals surface area contributed by atoms with Crippen LogP contribution < -0.4 is 4.74 Å². The molecule has 2 nitrogen and oxygen atoms in total. The van der Waals surface area contributed by atoms with Gasteiger partial charge >= 0.3 is 0 Å². The zero-order chi connectivity index (χ0) is 10.1. The lowest BCUT2D eigenvalue weighted by atomic mass is 10.1. The van der Waals surface area contributed by atoms with Crippen LogP contribution in [0.15, 0.2) is 42.5 Å². The Morgan fingerprint density at radius 1 is 1.13 bits per heavy atom. The van der Waals surface area contributed by atoms with E-state index in [-0.39, 0.29) is 0 Å². The molecule has 1 heterocycles. The third-order valence-corrected chi connectivity index (χ3v) is 2.58. The largest absolute Gasteiger partial charge is 0.490 e. The van der Waals surface area contributed by atoms with E-state index in [4.69, 9.17) is 9.47 Å². The lowest BCUT2D eigenvalue weighted by Crippen LogP contribution is -2.04. The zero-order valence-electron chi connectivity index (χ0n) is 8.35. The molecule has 1 saturated heterocycles. The minimum Gasteiger partial charge on any atom is -0.490 e. The van der Waals surface area contributed by atoms with Gasteiger partial charge in [0.05, 0.1) is 6.61 Å². The first kappa shape index (κ1) is 8.74. The highest BCUT2D eigenvalue weighted by Gasteiger charge is 2.23. The normalized spacial score (nSPS) is 19.1. The minimum absolute atomic E-state index is 0.309. The highest BCUT2D eigenvalue weighted by atomic mass is 16.6. The highest BCUT2D eigenvalue weighted by molar-refractivity contribution is 5.88. The van der Waals surface area contributed by atoms with Gasteiger partial charge in [0.1, 0.15) is 18.5 Å². The van der Waals surface area contributed by atoms with E-state index < -0.39 is 0 Å². The Morgan fingerprint density at radius 2 is 1.93 bits per heavy atom. The van der Waals surface area contributed by atoms with Crippen LogP contribution in [0.5, 0.6) is 5.75 Å². The number of benzene rings is 2. The van der Waals surface area contributed by atoms with E-state index in [0.717, 1.165) is 12.4 Å². The molecule has 1 atom stereocenters. The molecule has 1 aliphatic rings. The monoisotopic (exact) mass is 200 g/mol. The van der Waals surface area contributed by atoms with Crippen molar-refractivity contribution >= 4 is 10.8 Å². The van der Waals surface area contributed by atoms with Crippen LogP contribution in [0.4, 0.5) is 0 Å². The van der Waals surface area contributed by atoms with Crippen molar-refractivity contribution in [2.75, 3.05) is 13.2 Å². The number of rotatable bonds is 3. The van der Waals surface area contributed by atoms with Crippen LogP contribution in [0.2, 0.25) is 0 Å². The van der Waals surface area contributed by atoms with Crippen molar-refractivity contribution in [2.45, 2.75) is 6.10 Å². The molecule has 0 N–H and O–H groups in total. The number of epoxide rings is 1. The van der Waals surface area contributed by atoms with Crippen molar-refractivity contribution in [2.24, 2.45) is 0 Å². The molecule has 2 heteroatoms. The molecule has 76 valence electrons. The van der Waals surface area contributed by atoms with Gasteiger partial charge in [0.25, 0.3) is 0 Å². The molecule has 2 aromatic rings. The van der Waals surface area contributed by atoms with Crippen LogP contribution in [0.3, 0.4) is 0 Å². The molecule has 0 radical (unpaired) electrons. The third kappa shape index (κ3) is 1.81. The van der Waals surface area contributed by atoms with Gasteiger partial charge in [-0.2, -0.15) is 0 Å². The summed E-state index contributed by atoms with van der Waals surface area (Å²) in [5.74, 6) is 0.948. The van der Waals surface area contributed by atoms with Crippen molar-refractivity contribution in [1.29, 1.82) is 0 Å². The molecule has 0 bridgehead atoms. The predicted octanol–water partition coefficient (Wildman–Crippen LogP) is 2.62. The average Bonchev–Trinajstić information content (AvgIpc) is 3.10. The SMILES string of the molecule is c1ccc2c(OC[C@@H]3CO3)cccc2c1. The van der Waals surface area contributed by atoms with Crippen LogP contribution in [0.1, 0.15) is 0 Å². The summed E-state index contributed by atoms with van der Waals surface area (Å²) >= 11 is 0. The molecule has 0 unspecified atom stereocenters. The molecule has 0 saturated carbocycles. The molecule has 0 aliphatic carbocycles. The molecule has 0 amide bonds. The van der Waals surface area contributed by atoms with Crippen molar-refractivity contribution in [3.05, 3.63) is 42.5 Å². The smallest absolute Gasteiger partial charge is 0.127 e. The average molecular weight is 200 g/mol. The Morgan fingerprint density at radius 3 is 2.80 bits per heavy atom. The van der Waals surface area contributed by atoms with Crippen molar-refractivity contribution in [3.8, 4) is 5.75 Å². The first-order chi connectivity index (χ1) is 7.43. The van der Waals surface area contributed by atoms with Gasteiger partial charge in [0.15, 0.2) is 0 Å². The van der Waals surface area contributed by atoms with E-state index in [0.29, 0.717) is 12.7 Å². The summed E-state index contributed by atoms with van der Waals surface area (Å²) < 4.78 is 10.8. The standard InChI is InChI=1S/C13H12O2/c1-2-6-12-10(4-1)5-3-7-13(12)15-9-11-8-14-11/h1-7,11H,8-9H2/t11-/m0/s1. The maximum absolute atomic E-state index is 5.72. The molecule has 1 fully saturated rings. The summed E-state index contributed by atoms with van der Waals surface area (Å²) in [7, 11) is 0. The zero-order valence-corrected chi connectivity index (χ0v) is 8.35. The minimum atomic E-state index is 0.309. The molecule has 0 aromatic heterocycles. The van der Waals surface area contributed by atoms with Crippen LogP contribution >= 0.6 is 0 Å². The molecular formula is C13H12O2. The molecule has 0 spiro atoms. The fraction of sp³-hybridized carbons (Fsp3) is 0.231. The first-order valence-electron chi connectivity index (χ1n) is 5.16. The van der Waals surface area contributed by atoms with Gasteiger partial charge in [-0.1, -0.05) is 36.4 Å². The Balaban J connectivity index is 1.93. The Labute approximate surface area is 88.4 Å². The summed E-state index contributed by atoms with van der Waals surface area (Å²) in [4.78, 5) is 0. The summed E-state index contributed by atoms with van der Waals surface area (Å²) in [5, 5.41) is 2.38.